The number of aromatic amines is 1. The average molecular weight is 507 g/mol. The van der Waals surface area contributed by atoms with Gasteiger partial charge in [0.25, 0.3) is 5.91 Å². The molecule has 0 spiro atoms. The number of benzene rings is 1. The van der Waals surface area contributed by atoms with Gasteiger partial charge in [-0.25, -0.2) is 4.98 Å². The Morgan fingerprint density at radius 3 is 2.62 bits per heavy atom. The number of H-pyrrole nitrogens is 1. The van der Waals surface area contributed by atoms with Crippen LogP contribution in [0.3, 0.4) is 0 Å². The summed E-state index contributed by atoms with van der Waals surface area (Å²) in [7, 11) is 0. The van der Waals surface area contributed by atoms with Crippen LogP contribution in [0.15, 0.2) is 30.5 Å². The number of allylic oxidation sites excluding steroid dienone is 2. The fourth-order valence-corrected chi connectivity index (χ4v) is 5.70. The molecular formula is C29H38N4O4. The molecule has 1 saturated heterocycles. The van der Waals surface area contributed by atoms with Crippen molar-refractivity contribution in [1.29, 1.82) is 5.26 Å². The molecule has 1 fully saturated rings. The molecule has 3 atom stereocenters. The number of aliphatic hydroxyl groups is 2. The molecule has 1 aromatic heterocycles. The summed E-state index contributed by atoms with van der Waals surface area (Å²) >= 11 is 0. The zero-order valence-electron chi connectivity index (χ0n) is 22.2. The first-order valence-electron chi connectivity index (χ1n) is 13.0. The first kappa shape index (κ1) is 27.1. The van der Waals surface area contributed by atoms with E-state index in [-0.39, 0.29) is 36.1 Å². The number of anilines is 1. The highest BCUT2D eigenvalue weighted by Crippen LogP contribution is 2.47. The van der Waals surface area contributed by atoms with Crippen LogP contribution in [0.2, 0.25) is 0 Å². The Kier molecular flexibility index (Phi) is 7.61. The number of nitrogens with zero attached hydrogens (tertiary/aromatic N) is 2. The van der Waals surface area contributed by atoms with Gasteiger partial charge in [0, 0.05) is 17.9 Å². The molecule has 2 aliphatic rings. The van der Waals surface area contributed by atoms with E-state index in [2.05, 4.69) is 41.3 Å². The van der Waals surface area contributed by atoms with Gasteiger partial charge < -0.3 is 25.3 Å². The van der Waals surface area contributed by atoms with Gasteiger partial charge in [0.2, 0.25) is 0 Å². The Bertz CT molecular complexity index is 1230. The zero-order valence-corrected chi connectivity index (χ0v) is 22.2. The number of hydrogen-bond acceptors (Lipinski definition) is 6. The van der Waals surface area contributed by atoms with Crippen LogP contribution in [0.4, 0.5) is 5.69 Å². The molecule has 37 heavy (non-hydrogen) atoms. The van der Waals surface area contributed by atoms with Crippen molar-refractivity contribution in [2.75, 3.05) is 18.5 Å². The van der Waals surface area contributed by atoms with Crippen molar-refractivity contribution in [3.05, 3.63) is 53.1 Å². The molecule has 0 radical (unpaired) electrons. The average Bonchev–Trinajstić information content (AvgIpc) is 3.34. The van der Waals surface area contributed by atoms with E-state index in [1.54, 1.807) is 0 Å². The highest BCUT2D eigenvalue weighted by Gasteiger charge is 2.44. The number of carbonyl (C=O) groups excluding carboxylic acids is 1. The molecule has 4 rings (SSSR count). The Labute approximate surface area is 218 Å². The van der Waals surface area contributed by atoms with E-state index in [1.165, 1.54) is 11.8 Å². The van der Waals surface area contributed by atoms with Gasteiger partial charge in [0.1, 0.15) is 11.8 Å². The molecule has 0 unspecified atom stereocenters. The smallest absolute Gasteiger partial charge is 0.291 e. The summed E-state index contributed by atoms with van der Waals surface area (Å²) in [4.78, 5) is 19.7. The third kappa shape index (κ3) is 6.12. The fourth-order valence-electron chi connectivity index (χ4n) is 5.70. The summed E-state index contributed by atoms with van der Waals surface area (Å²) in [6, 6.07) is 8.09. The SMILES string of the molecule is CC1(C)CC=C(c2cc([C@@H]3C[C@](C)(CO)O[C@](C)(CCO)C3)ccc2NC(=O)c2ncc(C#N)[nH]2)CC1. The molecule has 0 saturated carbocycles. The molecule has 2 aromatic rings. The van der Waals surface area contributed by atoms with E-state index < -0.39 is 17.1 Å². The van der Waals surface area contributed by atoms with E-state index >= 15 is 0 Å². The number of aromatic nitrogens is 2. The van der Waals surface area contributed by atoms with Crippen LogP contribution in [0.25, 0.3) is 5.57 Å². The van der Waals surface area contributed by atoms with Crippen LogP contribution in [0, 0.1) is 16.7 Å². The Hall–Kier alpha value is -2.99. The predicted octanol–water partition coefficient (Wildman–Crippen LogP) is 4.91. The highest BCUT2D eigenvalue weighted by atomic mass is 16.5. The number of aliphatic hydroxyl groups excluding tert-OH is 2. The molecule has 1 aliphatic carbocycles. The Balaban J connectivity index is 1.70. The summed E-state index contributed by atoms with van der Waals surface area (Å²) in [5, 5.41) is 31.8. The van der Waals surface area contributed by atoms with Gasteiger partial charge in [-0.2, -0.15) is 5.26 Å². The summed E-state index contributed by atoms with van der Waals surface area (Å²) in [5.41, 5.74) is 3.22. The number of ether oxygens (including phenoxy) is 1. The summed E-state index contributed by atoms with van der Waals surface area (Å²) in [5.74, 6) is -0.190. The highest BCUT2D eigenvalue weighted by molar-refractivity contribution is 6.03. The summed E-state index contributed by atoms with van der Waals surface area (Å²) < 4.78 is 6.30. The van der Waals surface area contributed by atoms with Crippen LogP contribution >= 0.6 is 0 Å². The van der Waals surface area contributed by atoms with E-state index in [1.807, 2.05) is 32.0 Å². The number of nitrogens with one attached hydrogen (secondary N) is 2. The number of rotatable bonds is 7. The standard InChI is InChI=1S/C29H38N4O4/c1-27(2)9-7-19(8-10-27)23-13-20(21-14-28(3,11-12-34)37-29(4,15-21)18-35)5-6-24(23)33-26(36)25-31-17-22(16-30)32-25/h5-7,13,17,21,34-35H,8-12,14-15,18H2,1-4H3,(H,31,32)(H,33,36)/t21-,28+,29+/m0/s1. The number of nitriles is 1. The minimum Gasteiger partial charge on any atom is -0.396 e. The quantitative estimate of drug-likeness (QED) is 0.422. The molecule has 8 nitrogen and oxygen atoms in total. The first-order chi connectivity index (χ1) is 17.5. The molecule has 1 aromatic carbocycles. The van der Waals surface area contributed by atoms with Crippen LogP contribution in [-0.2, 0) is 4.74 Å². The Morgan fingerprint density at radius 2 is 2.00 bits per heavy atom. The molecule has 1 amide bonds. The molecule has 2 heterocycles. The van der Waals surface area contributed by atoms with Gasteiger partial charge in [-0.1, -0.05) is 26.0 Å². The van der Waals surface area contributed by atoms with Crippen molar-refractivity contribution in [3.8, 4) is 6.07 Å². The van der Waals surface area contributed by atoms with Gasteiger partial charge in [0.05, 0.1) is 24.0 Å². The van der Waals surface area contributed by atoms with Crippen molar-refractivity contribution < 1.29 is 19.7 Å². The lowest BCUT2D eigenvalue weighted by Gasteiger charge is -2.48. The lowest BCUT2D eigenvalue weighted by atomic mass is 9.74. The Morgan fingerprint density at radius 1 is 1.24 bits per heavy atom. The minimum atomic E-state index is -0.703. The van der Waals surface area contributed by atoms with E-state index in [0.717, 1.165) is 36.8 Å². The van der Waals surface area contributed by atoms with Gasteiger partial charge in [-0.3, -0.25) is 4.79 Å². The molecule has 198 valence electrons. The van der Waals surface area contributed by atoms with Crippen molar-refractivity contribution in [1.82, 2.24) is 9.97 Å². The topological polar surface area (TPSA) is 131 Å². The molecule has 8 heteroatoms. The van der Waals surface area contributed by atoms with E-state index in [4.69, 9.17) is 10.00 Å². The summed E-state index contributed by atoms with van der Waals surface area (Å²) in [6.45, 7) is 8.38. The van der Waals surface area contributed by atoms with E-state index in [0.29, 0.717) is 18.5 Å². The van der Waals surface area contributed by atoms with E-state index in [9.17, 15) is 15.0 Å². The van der Waals surface area contributed by atoms with Gasteiger partial charge in [0.15, 0.2) is 5.82 Å². The van der Waals surface area contributed by atoms with Gasteiger partial charge >= 0.3 is 0 Å². The van der Waals surface area contributed by atoms with Crippen LogP contribution in [0.1, 0.15) is 99.6 Å². The maximum atomic E-state index is 12.9. The molecule has 0 bridgehead atoms. The fraction of sp³-hybridized carbons (Fsp3) is 0.552. The molecular weight excluding hydrogens is 468 g/mol. The van der Waals surface area contributed by atoms with Crippen LogP contribution < -0.4 is 5.32 Å². The second-order valence-electron chi connectivity index (χ2n) is 11.9. The normalized spacial score (nSPS) is 27.3. The zero-order chi connectivity index (χ0) is 26.8. The molecule has 1 aliphatic heterocycles. The first-order valence-corrected chi connectivity index (χ1v) is 13.0. The van der Waals surface area contributed by atoms with Crippen molar-refractivity contribution in [2.24, 2.45) is 5.41 Å². The second-order valence-corrected chi connectivity index (χ2v) is 11.9. The number of imidazole rings is 1. The number of amides is 1. The predicted molar refractivity (Wildman–Crippen MR) is 142 cm³/mol. The number of carbonyl (C=O) groups is 1. The maximum absolute atomic E-state index is 12.9. The lowest BCUT2D eigenvalue weighted by Crippen LogP contribution is -2.50. The minimum absolute atomic E-state index is 0.0178. The van der Waals surface area contributed by atoms with Crippen LogP contribution in [-0.4, -0.2) is 50.5 Å². The van der Waals surface area contributed by atoms with Crippen molar-refractivity contribution >= 4 is 17.2 Å². The van der Waals surface area contributed by atoms with Gasteiger partial charge in [-0.15, -0.1) is 0 Å². The van der Waals surface area contributed by atoms with Gasteiger partial charge in [-0.05, 0) is 87.0 Å². The lowest BCUT2D eigenvalue weighted by molar-refractivity contribution is -0.200. The largest absolute Gasteiger partial charge is 0.396 e. The van der Waals surface area contributed by atoms with Crippen molar-refractivity contribution in [3.63, 3.8) is 0 Å². The second kappa shape index (κ2) is 10.4. The third-order valence-electron chi connectivity index (χ3n) is 7.82. The molecule has 4 N–H and O–H groups in total. The van der Waals surface area contributed by atoms with Crippen LogP contribution in [0.5, 0.6) is 0 Å². The monoisotopic (exact) mass is 506 g/mol. The maximum Gasteiger partial charge on any atom is 0.291 e. The summed E-state index contributed by atoms with van der Waals surface area (Å²) in [6.07, 6.45) is 8.41. The third-order valence-corrected chi connectivity index (χ3v) is 7.82. The van der Waals surface area contributed by atoms with Crippen molar-refractivity contribution in [2.45, 2.75) is 83.3 Å². The number of hydrogen-bond donors (Lipinski definition) is 4.